The Bertz CT molecular complexity index is 494. The molecule has 1 heterocycles. The number of ether oxygens (including phenoxy) is 2. The van der Waals surface area contributed by atoms with Crippen LogP contribution < -0.4 is 14.8 Å². The van der Waals surface area contributed by atoms with E-state index in [0.29, 0.717) is 23.0 Å². The first kappa shape index (κ1) is 18.6. The average Bonchev–Trinajstić information content (AvgIpc) is 2.53. The van der Waals surface area contributed by atoms with Gasteiger partial charge in [-0.2, -0.15) is 0 Å². The van der Waals surface area contributed by atoms with Gasteiger partial charge in [-0.25, -0.2) is 0 Å². The van der Waals surface area contributed by atoms with Gasteiger partial charge in [0, 0.05) is 13.1 Å². The molecule has 1 aliphatic heterocycles. The van der Waals surface area contributed by atoms with E-state index in [1.54, 1.807) is 26.4 Å². The lowest BCUT2D eigenvalue weighted by molar-refractivity contribution is 0.0670. The van der Waals surface area contributed by atoms with Crippen molar-refractivity contribution < 1.29 is 14.3 Å². The van der Waals surface area contributed by atoms with E-state index in [4.69, 9.17) is 9.47 Å². The van der Waals surface area contributed by atoms with E-state index >= 15 is 0 Å². The minimum Gasteiger partial charge on any atom is -0.493 e. The number of nitrogens with zero attached hydrogens (tertiary/aromatic N) is 1. The highest BCUT2D eigenvalue weighted by Crippen LogP contribution is 2.32. The second-order valence-electron chi connectivity index (χ2n) is 5.36. The maximum absolute atomic E-state index is 12.8. The number of nitrogens with one attached hydrogen (secondary N) is 1. The highest BCUT2D eigenvalue weighted by molar-refractivity contribution is 5.97. The summed E-state index contributed by atoms with van der Waals surface area (Å²) in [5.41, 5.74) is 0.571. The van der Waals surface area contributed by atoms with Gasteiger partial charge >= 0.3 is 0 Å². The van der Waals surface area contributed by atoms with Crippen LogP contribution in [0.2, 0.25) is 0 Å². The number of carbonyl (C=O) groups is 1. The lowest BCUT2D eigenvalue weighted by atomic mass is 9.97. The fourth-order valence-electron chi connectivity index (χ4n) is 2.93. The Balaban J connectivity index is 0.00000242. The first-order valence-corrected chi connectivity index (χ1v) is 7.36. The number of hydrogen-bond donors (Lipinski definition) is 1. The predicted octanol–water partition coefficient (Wildman–Crippen LogP) is 2.20. The maximum Gasteiger partial charge on any atom is 0.257 e. The molecule has 1 aromatic carbocycles. The maximum atomic E-state index is 12.8. The van der Waals surface area contributed by atoms with Crippen LogP contribution in [0.15, 0.2) is 18.2 Å². The van der Waals surface area contributed by atoms with E-state index in [-0.39, 0.29) is 18.3 Å². The van der Waals surface area contributed by atoms with Crippen LogP contribution >= 0.6 is 12.4 Å². The first-order valence-electron chi connectivity index (χ1n) is 7.36. The molecule has 5 nitrogen and oxygen atoms in total. The second-order valence-corrected chi connectivity index (χ2v) is 5.36. The summed E-state index contributed by atoms with van der Waals surface area (Å²) in [5.74, 6) is 1.64. The van der Waals surface area contributed by atoms with Gasteiger partial charge in [-0.3, -0.25) is 4.79 Å². The van der Waals surface area contributed by atoms with Crippen molar-refractivity contribution in [2.75, 3.05) is 40.9 Å². The van der Waals surface area contributed by atoms with Crippen LogP contribution in [-0.4, -0.2) is 51.7 Å². The topological polar surface area (TPSA) is 50.8 Å². The van der Waals surface area contributed by atoms with Gasteiger partial charge in [0.1, 0.15) is 0 Å². The molecule has 1 aromatic rings. The largest absolute Gasteiger partial charge is 0.493 e. The molecular weight excluding hydrogens is 304 g/mol. The molecule has 0 saturated carbocycles. The van der Waals surface area contributed by atoms with Crippen molar-refractivity contribution in [3.8, 4) is 11.5 Å². The minimum atomic E-state index is 0. The molecule has 1 unspecified atom stereocenters. The Morgan fingerprint density at radius 2 is 2.14 bits per heavy atom. The molecule has 1 amide bonds. The zero-order valence-corrected chi connectivity index (χ0v) is 14.2. The normalized spacial score (nSPS) is 17.6. The summed E-state index contributed by atoms with van der Waals surface area (Å²) in [5, 5.41) is 3.19. The van der Waals surface area contributed by atoms with Crippen LogP contribution in [0.3, 0.4) is 0 Å². The number of amides is 1. The van der Waals surface area contributed by atoms with E-state index in [1.165, 1.54) is 6.42 Å². The number of likely N-dealkylation sites (tertiary alicyclic amines) is 1. The number of halogens is 1. The molecule has 2 rings (SSSR count). The second kappa shape index (κ2) is 8.86. The fraction of sp³-hybridized carbons (Fsp3) is 0.562. The number of para-hydroxylation sites is 1. The van der Waals surface area contributed by atoms with Gasteiger partial charge < -0.3 is 19.7 Å². The Morgan fingerprint density at radius 3 is 2.77 bits per heavy atom. The van der Waals surface area contributed by atoms with Crippen molar-refractivity contribution in [3.05, 3.63) is 23.8 Å². The van der Waals surface area contributed by atoms with Gasteiger partial charge in [0.15, 0.2) is 11.5 Å². The van der Waals surface area contributed by atoms with Crippen LogP contribution in [0.5, 0.6) is 11.5 Å². The predicted molar refractivity (Wildman–Crippen MR) is 89.3 cm³/mol. The molecule has 0 spiro atoms. The van der Waals surface area contributed by atoms with Gasteiger partial charge in [0.05, 0.1) is 19.8 Å². The summed E-state index contributed by atoms with van der Waals surface area (Å²) in [6.07, 6.45) is 2.21. The number of piperidine rings is 1. The summed E-state index contributed by atoms with van der Waals surface area (Å²) in [6.45, 7) is 2.54. The SMILES string of the molecule is CNCC1CCCN(C(=O)c2cccc(OC)c2OC)C1.Cl. The smallest absolute Gasteiger partial charge is 0.257 e. The molecule has 1 saturated heterocycles. The highest BCUT2D eigenvalue weighted by atomic mass is 35.5. The van der Waals surface area contributed by atoms with Crippen LogP contribution in [0.25, 0.3) is 0 Å². The molecule has 124 valence electrons. The third-order valence-corrected chi connectivity index (χ3v) is 3.93. The van der Waals surface area contributed by atoms with Crippen LogP contribution in [0.4, 0.5) is 0 Å². The van der Waals surface area contributed by atoms with E-state index < -0.39 is 0 Å². The van der Waals surface area contributed by atoms with Gasteiger partial charge in [-0.05, 0) is 44.5 Å². The van der Waals surface area contributed by atoms with E-state index in [9.17, 15) is 4.79 Å². The molecule has 6 heteroatoms. The minimum absolute atomic E-state index is 0. The molecule has 0 bridgehead atoms. The molecule has 1 aliphatic rings. The van der Waals surface area contributed by atoms with E-state index in [0.717, 1.165) is 26.1 Å². The quantitative estimate of drug-likeness (QED) is 0.900. The van der Waals surface area contributed by atoms with Crippen molar-refractivity contribution in [3.63, 3.8) is 0 Å². The average molecular weight is 329 g/mol. The molecule has 0 radical (unpaired) electrons. The number of carbonyl (C=O) groups excluding carboxylic acids is 1. The zero-order valence-electron chi connectivity index (χ0n) is 13.4. The lowest BCUT2D eigenvalue weighted by Crippen LogP contribution is -2.42. The van der Waals surface area contributed by atoms with Crippen molar-refractivity contribution in [2.24, 2.45) is 5.92 Å². The third-order valence-electron chi connectivity index (χ3n) is 3.93. The molecule has 22 heavy (non-hydrogen) atoms. The number of benzene rings is 1. The monoisotopic (exact) mass is 328 g/mol. The summed E-state index contributed by atoms with van der Waals surface area (Å²) in [7, 11) is 5.09. The Labute approximate surface area is 138 Å². The van der Waals surface area contributed by atoms with Crippen LogP contribution in [0, 0.1) is 5.92 Å². The van der Waals surface area contributed by atoms with E-state index in [1.807, 2.05) is 18.0 Å². The Kier molecular flexibility index (Phi) is 7.48. The van der Waals surface area contributed by atoms with Gasteiger partial charge in [0.2, 0.25) is 0 Å². The summed E-state index contributed by atoms with van der Waals surface area (Å²) in [4.78, 5) is 14.7. The molecule has 1 fully saturated rings. The molecule has 1 N–H and O–H groups in total. The van der Waals surface area contributed by atoms with Crippen LogP contribution in [0.1, 0.15) is 23.2 Å². The molecule has 0 aromatic heterocycles. The fourth-order valence-corrected chi connectivity index (χ4v) is 2.93. The van der Waals surface area contributed by atoms with Gasteiger partial charge in [-0.15, -0.1) is 12.4 Å². The molecule has 0 aliphatic carbocycles. The summed E-state index contributed by atoms with van der Waals surface area (Å²) < 4.78 is 10.6. The van der Waals surface area contributed by atoms with Crippen molar-refractivity contribution in [2.45, 2.75) is 12.8 Å². The van der Waals surface area contributed by atoms with Gasteiger partial charge in [0.25, 0.3) is 5.91 Å². The third kappa shape index (κ3) is 4.05. The van der Waals surface area contributed by atoms with Crippen molar-refractivity contribution in [1.29, 1.82) is 0 Å². The molecule has 1 atom stereocenters. The Hall–Kier alpha value is -1.46. The summed E-state index contributed by atoms with van der Waals surface area (Å²) in [6, 6.07) is 5.42. The zero-order chi connectivity index (χ0) is 15.2. The number of hydrogen-bond acceptors (Lipinski definition) is 4. The van der Waals surface area contributed by atoms with Crippen LogP contribution in [-0.2, 0) is 0 Å². The number of methoxy groups -OCH3 is 2. The molecular formula is C16H25ClN2O3. The van der Waals surface area contributed by atoms with Crippen molar-refractivity contribution >= 4 is 18.3 Å². The number of rotatable bonds is 5. The standard InChI is InChI=1S/C16H24N2O3.ClH/c1-17-10-12-6-5-9-18(11-12)16(19)13-7-4-8-14(20-2)15(13)21-3;/h4,7-8,12,17H,5-6,9-11H2,1-3H3;1H. The lowest BCUT2D eigenvalue weighted by Gasteiger charge is -2.33. The first-order chi connectivity index (χ1) is 10.2. The van der Waals surface area contributed by atoms with Gasteiger partial charge in [-0.1, -0.05) is 6.07 Å². The van der Waals surface area contributed by atoms with Crippen molar-refractivity contribution in [1.82, 2.24) is 10.2 Å². The summed E-state index contributed by atoms with van der Waals surface area (Å²) >= 11 is 0. The van der Waals surface area contributed by atoms with E-state index in [2.05, 4.69) is 5.32 Å². The Morgan fingerprint density at radius 1 is 1.36 bits per heavy atom. The highest BCUT2D eigenvalue weighted by Gasteiger charge is 2.26.